The van der Waals surface area contributed by atoms with Crippen molar-refractivity contribution in [2.45, 2.75) is 6.54 Å². The molecule has 0 aliphatic heterocycles. The fourth-order valence-corrected chi connectivity index (χ4v) is 2.13. The molecule has 0 aliphatic carbocycles. The van der Waals surface area contributed by atoms with Crippen LogP contribution in [-0.4, -0.2) is 22.2 Å². The molecule has 0 unspecified atom stereocenters. The SMILES string of the molecule is COc1cc(-c2nnc(CN)s2)ccc1[N+](=O)[O-]. The van der Waals surface area contributed by atoms with Crippen molar-refractivity contribution >= 4 is 17.0 Å². The number of nitrogens with two attached hydrogens (primary N) is 1. The first-order chi connectivity index (χ1) is 8.65. The molecule has 7 nitrogen and oxygen atoms in total. The zero-order chi connectivity index (χ0) is 13.1. The van der Waals surface area contributed by atoms with Gasteiger partial charge in [-0.3, -0.25) is 10.1 Å². The Morgan fingerprint density at radius 2 is 2.28 bits per heavy atom. The van der Waals surface area contributed by atoms with Gasteiger partial charge < -0.3 is 10.5 Å². The molecular weight excluding hydrogens is 256 g/mol. The van der Waals surface area contributed by atoms with E-state index in [1.54, 1.807) is 12.1 Å². The van der Waals surface area contributed by atoms with Crippen molar-refractivity contribution in [2.24, 2.45) is 5.73 Å². The van der Waals surface area contributed by atoms with Crippen molar-refractivity contribution in [3.8, 4) is 16.3 Å². The Morgan fingerprint density at radius 1 is 1.50 bits per heavy atom. The number of hydrogen-bond donors (Lipinski definition) is 1. The number of methoxy groups -OCH3 is 1. The molecule has 0 aliphatic rings. The molecule has 94 valence electrons. The lowest BCUT2D eigenvalue weighted by atomic mass is 10.2. The molecular formula is C10H10N4O3S. The zero-order valence-electron chi connectivity index (χ0n) is 9.49. The quantitative estimate of drug-likeness (QED) is 0.665. The molecule has 0 amide bonds. The van der Waals surface area contributed by atoms with E-state index >= 15 is 0 Å². The van der Waals surface area contributed by atoms with Gasteiger partial charge in [-0.25, -0.2) is 0 Å². The van der Waals surface area contributed by atoms with E-state index < -0.39 is 4.92 Å². The minimum Gasteiger partial charge on any atom is -0.490 e. The zero-order valence-corrected chi connectivity index (χ0v) is 10.3. The lowest BCUT2D eigenvalue weighted by Gasteiger charge is -2.02. The third-order valence-electron chi connectivity index (χ3n) is 2.26. The number of benzene rings is 1. The van der Waals surface area contributed by atoms with Crippen LogP contribution in [0, 0.1) is 10.1 Å². The van der Waals surface area contributed by atoms with E-state index in [0.717, 1.165) is 5.56 Å². The molecule has 2 aromatic rings. The van der Waals surface area contributed by atoms with Gasteiger partial charge in [0.25, 0.3) is 0 Å². The van der Waals surface area contributed by atoms with E-state index in [4.69, 9.17) is 10.5 Å². The van der Waals surface area contributed by atoms with Crippen LogP contribution >= 0.6 is 11.3 Å². The van der Waals surface area contributed by atoms with Crippen LogP contribution in [0.1, 0.15) is 5.01 Å². The van der Waals surface area contributed by atoms with Gasteiger partial charge in [0.15, 0.2) is 5.75 Å². The van der Waals surface area contributed by atoms with Crippen LogP contribution in [0.15, 0.2) is 18.2 Å². The van der Waals surface area contributed by atoms with E-state index in [1.807, 2.05) is 0 Å². The van der Waals surface area contributed by atoms with Crippen LogP contribution in [0.5, 0.6) is 5.75 Å². The standard InChI is InChI=1S/C10H10N4O3S/c1-17-8-4-6(2-3-7(8)14(15)16)10-13-12-9(5-11)18-10/h2-4H,5,11H2,1H3. The van der Waals surface area contributed by atoms with E-state index in [0.29, 0.717) is 16.6 Å². The monoisotopic (exact) mass is 266 g/mol. The summed E-state index contributed by atoms with van der Waals surface area (Å²) in [6.45, 7) is 0.321. The van der Waals surface area contributed by atoms with Gasteiger partial charge in [0.05, 0.1) is 12.0 Å². The summed E-state index contributed by atoms with van der Waals surface area (Å²) in [5.41, 5.74) is 6.09. The van der Waals surface area contributed by atoms with Gasteiger partial charge >= 0.3 is 5.69 Å². The molecule has 0 bridgehead atoms. The van der Waals surface area contributed by atoms with E-state index in [-0.39, 0.29) is 11.4 Å². The van der Waals surface area contributed by atoms with Crippen LogP contribution < -0.4 is 10.5 Å². The summed E-state index contributed by atoms with van der Waals surface area (Å²) < 4.78 is 4.99. The third kappa shape index (κ3) is 2.29. The van der Waals surface area contributed by atoms with Crippen LogP contribution in [0.4, 0.5) is 5.69 Å². The molecule has 1 aromatic heterocycles. The Bertz CT molecular complexity index is 584. The maximum Gasteiger partial charge on any atom is 0.310 e. The Labute approximate surface area is 106 Å². The first-order valence-corrected chi connectivity index (χ1v) is 5.82. The molecule has 0 saturated heterocycles. The summed E-state index contributed by atoms with van der Waals surface area (Å²) in [6.07, 6.45) is 0. The van der Waals surface area contributed by atoms with Gasteiger partial charge in [-0.05, 0) is 12.1 Å². The highest BCUT2D eigenvalue weighted by molar-refractivity contribution is 7.14. The second kappa shape index (κ2) is 5.07. The molecule has 2 rings (SSSR count). The number of aromatic nitrogens is 2. The van der Waals surface area contributed by atoms with Crippen molar-refractivity contribution in [1.29, 1.82) is 0 Å². The van der Waals surface area contributed by atoms with Gasteiger partial charge in [-0.15, -0.1) is 10.2 Å². The first kappa shape index (κ1) is 12.4. The van der Waals surface area contributed by atoms with Gasteiger partial charge in [-0.2, -0.15) is 0 Å². The van der Waals surface area contributed by atoms with Crippen molar-refractivity contribution in [2.75, 3.05) is 7.11 Å². The topological polar surface area (TPSA) is 104 Å². The highest BCUT2D eigenvalue weighted by Crippen LogP contribution is 2.33. The van der Waals surface area contributed by atoms with Crippen molar-refractivity contribution < 1.29 is 9.66 Å². The molecule has 1 aromatic carbocycles. The van der Waals surface area contributed by atoms with Gasteiger partial charge in [0, 0.05) is 18.2 Å². The lowest BCUT2D eigenvalue weighted by molar-refractivity contribution is -0.385. The van der Waals surface area contributed by atoms with Gasteiger partial charge in [0.2, 0.25) is 0 Å². The minimum absolute atomic E-state index is 0.0789. The van der Waals surface area contributed by atoms with E-state index in [1.165, 1.54) is 24.5 Å². The first-order valence-electron chi connectivity index (χ1n) is 5.01. The average Bonchev–Trinajstić information content (AvgIpc) is 2.86. The summed E-state index contributed by atoms with van der Waals surface area (Å²) in [6, 6.07) is 4.57. The van der Waals surface area contributed by atoms with Crippen molar-refractivity contribution in [1.82, 2.24) is 10.2 Å². The van der Waals surface area contributed by atoms with Crippen molar-refractivity contribution in [3.05, 3.63) is 33.3 Å². The Balaban J connectivity index is 2.43. The molecule has 0 saturated carbocycles. The average molecular weight is 266 g/mol. The number of nitro benzene ring substituents is 1. The molecule has 0 spiro atoms. The normalized spacial score (nSPS) is 10.3. The highest BCUT2D eigenvalue weighted by Gasteiger charge is 2.16. The molecule has 2 N–H and O–H groups in total. The fourth-order valence-electron chi connectivity index (χ4n) is 1.41. The maximum absolute atomic E-state index is 10.8. The van der Waals surface area contributed by atoms with Crippen LogP contribution in [-0.2, 0) is 6.54 Å². The third-order valence-corrected chi connectivity index (χ3v) is 3.26. The molecule has 0 atom stereocenters. The fraction of sp³-hybridized carbons (Fsp3) is 0.200. The number of nitro groups is 1. The molecule has 1 heterocycles. The van der Waals surface area contributed by atoms with E-state index in [9.17, 15) is 10.1 Å². The molecule has 8 heteroatoms. The predicted molar refractivity (Wildman–Crippen MR) is 66.4 cm³/mol. The number of nitrogens with zero attached hydrogens (tertiary/aromatic N) is 3. The summed E-state index contributed by atoms with van der Waals surface area (Å²) in [4.78, 5) is 10.3. The van der Waals surface area contributed by atoms with Crippen LogP contribution in [0.2, 0.25) is 0 Å². The summed E-state index contributed by atoms with van der Waals surface area (Å²) in [7, 11) is 1.39. The number of hydrogen-bond acceptors (Lipinski definition) is 7. The number of ether oxygens (including phenoxy) is 1. The largest absolute Gasteiger partial charge is 0.490 e. The Kier molecular flexibility index (Phi) is 3.49. The second-order valence-electron chi connectivity index (χ2n) is 3.35. The summed E-state index contributed by atoms with van der Waals surface area (Å²) in [5, 5.41) is 20.0. The van der Waals surface area contributed by atoms with Gasteiger partial charge in [-0.1, -0.05) is 11.3 Å². The highest BCUT2D eigenvalue weighted by atomic mass is 32.1. The van der Waals surface area contributed by atoms with Crippen LogP contribution in [0.3, 0.4) is 0 Å². The Hall–Kier alpha value is -2.06. The van der Waals surface area contributed by atoms with Crippen molar-refractivity contribution in [3.63, 3.8) is 0 Å². The summed E-state index contributed by atoms with van der Waals surface area (Å²) in [5.74, 6) is 0.196. The molecule has 0 fully saturated rings. The smallest absolute Gasteiger partial charge is 0.310 e. The Morgan fingerprint density at radius 3 is 2.83 bits per heavy atom. The number of rotatable bonds is 4. The van der Waals surface area contributed by atoms with E-state index in [2.05, 4.69) is 10.2 Å². The molecule has 0 radical (unpaired) electrons. The van der Waals surface area contributed by atoms with Gasteiger partial charge in [0.1, 0.15) is 10.0 Å². The minimum atomic E-state index is -0.492. The second-order valence-corrected chi connectivity index (χ2v) is 4.41. The molecule has 18 heavy (non-hydrogen) atoms. The predicted octanol–water partition coefficient (Wildman–Crippen LogP) is 1.58. The lowest BCUT2D eigenvalue weighted by Crippen LogP contribution is -1.94. The maximum atomic E-state index is 10.8. The van der Waals surface area contributed by atoms with Crippen LogP contribution in [0.25, 0.3) is 10.6 Å². The summed E-state index contributed by atoms with van der Waals surface area (Å²) >= 11 is 1.35.